The smallest absolute Gasteiger partial charge is 0.342 e. The van der Waals surface area contributed by atoms with Crippen LogP contribution in [0.5, 0.6) is 0 Å². The lowest BCUT2D eigenvalue weighted by Gasteiger charge is -2.35. The molecule has 0 radical (unpaired) electrons. The number of esters is 1. The lowest BCUT2D eigenvalue weighted by atomic mass is 9.79. The second kappa shape index (κ2) is 7.20. The number of nitrogens with zero attached hydrogens (tertiary/aromatic N) is 1. The largest absolute Gasteiger partial charge is 0.456 e. The van der Waals surface area contributed by atoms with E-state index in [1.165, 1.54) is 0 Å². The molecule has 0 N–H and O–H groups in total. The summed E-state index contributed by atoms with van der Waals surface area (Å²) in [6.07, 6.45) is 9.23. The highest BCUT2D eigenvalue weighted by Crippen LogP contribution is 2.41. The summed E-state index contributed by atoms with van der Waals surface area (Å²) >= 11 is 6.42. The van der Waals surface area contributed by atoms with E-state index in [4.69, 9.17) is 16.3 Å². The quantitative estimate of drug-likeness (QED) is 0.663. The fourth-order valence-corrected chi connectivity index (χ4v) is 3.96. The third kappa shape index (κ3) is 3.60. The average Bonchev–Trinajstić information content (AvgIpc) is 2.67. The molecule has 3 aliphatic rings. The number of allylic oxidation sites excluding steroid dienone is 6. The van der Waals surface area contributed by atoms with Crippen molar-refractivity contribution in [3.8, 4) is 0 Å². The summed E-state index contributed by atoms with van der Waals surface area (Å²) < 4.78 is 5.59. The molecule has 4 rings (SSSR count). The molecule has 0 saturated heterocycles. The molecule has 1 unspecified atom stereocenters. The Bertz CT molecular complexity index is 1040. The van der Waals surface area contributed by atoms with Gasteiger partial charge in [0.05, 0.1) is 16.6 Å². The fraction of sp³-hybridized carbons (Fsp3) is 0.250. The molecule has 0 fully saturated rings. The molecule has 4 nitrogen and oxygen atoms in total. The molecular formula is C24H22ClNO3. The Labute approximate surface area is 175 Å². The van der Waals surface area contributed by atoms with Gasteiger partial charge in [0.2, 0.25) is 0 Å². The van der Waals surface area contributed by atoms with Gasteiger partial charge in [0.25, 0.3) is 0 Å². The lowest BCUT2D eigenvalue weighted by molar-refractivity contribution is -0.149. The van der Waals surface area contributed by atoms with Crippen molar-refractivity contribution in [3.05, 3.63) is 93.8 Å². The van der Waals surface area contributed by atoms with Gasteiger partial charge in [0.1, 0.15) is 11.2 Å². The van der Waals surface area contributed by atoms with Gasteiger partial charge in [-0.25, -0.2) is 4.79 Å². The Morgan fingerprint density at radius 1 is 1.17 bits per heavy atom. The molecule has 0 bridgehead atoms. The predicted octanol–water partition coefficient (Wildman–Crippen LogP) is 4.77. The van der Waals surface area contributed by atoms with Gasteiger partial charge in [-0.1, -0.05) is 60.2 Å². The van der Waals surface area contributed by atoms with Crippen molar-refractivity contribution in [2.24, 2.45) is 0 Å². The number of halogens is 1. The first-order valence-corrected chi connectivity index (χ1v) is 9.94. The van der Waals surface area contributed by atoms with Crippen LogP contribution in [0.3, 0.4) is 0 Å². The third-order valence-electron chi connectivity index (χ3n) is 4.97. The number of Topliss-reactive ketones (excluding diaryl/α,β-unsaturated/α-hetero) is 1. The zero-order valence-electron chi connectivity index (χ0n) is 16.6. The van der Waals surface area contributed by atoms with E-state index in [1.807, 2.05) is 80.4 Å². The Kier molecular flexibility index (Phi) is 4.83. The molecule has 5 heteroatoms. The fourth-order valence-electron chi connectivity index (χ4n) is 3.73. The number of hydrogen-bond acceptors (Lipinski definition) is 4. The SMILES string of the molecule is CC(C)(C)OC(=O)C1=C(Cl)C=CN2CC=C3C(=O)C(c4ccccc4)C=CC3=C12. The third-order valence-corrected chi connectivity index (χ3v) is 5.28. The van der Waals surface area contributed by atoms with Gasteiger partial charge in [0, 0.05) is 23.9 Å². The van der Waals surface area contributed by atoms with Crippen molar-refractivity contribution >= 4 is 23.4 Å². The minimum Gasteiger partial charge on any atom is -0.456 e. The van der Waals surface area contributed by atoms with E-state index in [-0.39, 0.29) is 11.7 Å². The normalized spacial score (nSPS) is 21.1. The van der Waals surface area contributed by atoms with E-state index in [9.17, 15) is 9.59 Å². The number of ketones is 1. The van der Waals surface area contributed by atoms with Crippen LogP contribution >= 0.6 is 11.6 Å². The maximum absolute atomic E-state index is 13.3. The van der Waals surface area contributed by atoms with Crippen LogP contribution in [0.2, 0.25) is 0 Å². The molecule has 0 saturated carbocycles. The number of rotatable bonds is 2. The topological polar surface area (TPSA) is 46.6 Å². The van der Waals surface area contributed by atoms with Crippen LogP contribution in [-0.2, 0) is 14.3 Å². The van der Waals surface area contributed by atoms with Crippen LogP contribution < -0.4 is 0 Å². The van der Waals surface area contributed by atoms with Crippen molar-refractivity contribution in [2.75, 3.05) is 6.54 Å². The standard InChI is InChI=1S/C24H22ClNO3/c1-24(2,3)29-23(28)20-19(25)12-14-26-13-11-18-17(21(20)26)10-9-16(22(18)27)15-7-5-4-6-8-15/h4-12,14,16H,13H2,1-3H3. The Balaban J connectivity index is 1.81. The van der Waals surface area contributed by atoms with Crippen LogP contribution in [0.4, 0.5) is 0 Å². The highest BCUT2D eigenvalue weighted by molar-refractivity contribution is 6.34. The lowest BCUT2D eigenvalue weighted by Crippen LogP contribution is -2.34. The van der Waals surface area contributed by atoms with Crippen molar-refractivity contribution in [2.45, 2.75) is 32.3 Å². The van der Waals surface area contributed by atoms with Crippen molar-refractivity contribution in [1.82, 2.24) is 4.90 Å². The molecule has 1 aromatic carbocycles. The van der Waals surface area contributed by atoms with Crippen LogP contribution in [0, 0.1) is 0 Å². The molecule has 1 atom stereocenters. The van der Waals surface area contributed by atoms with E-state index in [0.717, 1.165) is 5.56 Å². The average molecular weight is 408 g/mol. The number of fused-ring (bicyclic) bond motifs is 2. The zero-order valence-corrected chi connectivity index (χ0v) is 17.4. The summed E-state index contributed by atoms with van der Waals surface area (Å²) in [7, 11) is 0. The van der Waals surface area contributed by atoms with Gasteiger partial charge in [-0.05, 0) is 32.4 Å². The van der Waals surface area contributed by atoms with E-state index >= 15 is 0 Å². The van der Waals surface area contributed by atoms with E-state index in [1.54, 1.807) is 6.08 Å². The summed E-state index contributed by atoms with van der Waals surface area (Å²) in [5.74, 6) is -0.802. The van der Waals surface area contributed by atoms with E-state index in [0.29, 0.717) is 34.0 Å². The van der Waals surface area contributed by atoms with Crippen LogP contribution in [0.15, 0.2) is 88.3 Å². The second-order valence-electron chi connectivity index (χ2n) is 8.18. The minimum absolute atomic E-state index is 0.0232. The summed E-state index contributed by atoms with van der Waals surface area (Å²) in [5, 5.41) is 0.310. The van der Waals surface area contributed by atoms with Crippen LogP contribution in [-0.4, -0.2) is 28.8 Å². The molecule has 0 spiro atoms. The number of benzene rings is 1. The van der Waals surface area contributed by atoms with Gasteiger partial charge in [0.15, 0.2) is 5.78 Å². The molecule has 0 aromatic heterocycles. The first kappa shape index (κ1) is 19.5. The monoisotopic (exact) mass is 407 g/mol. The van der Waals surface area contributed by atoms with Crippen molar-refractivity contribution in [1.29, 1.82) is 0 Å². The van der Waals surface area contributed by atoms with Gasteiger partial charge in [-0.15, -0.1) is 0 Å². The first-order valence-electron chi connectivity index (χ1n) is 9.57. The van der Waals surface area contributed by atoms with Gasteiger partial charge < -0.3 is 9.64 Å². The Hall–Kier alpha value is -2.85. The van der Waals surface area contributed by atoms with E-state index in [2.05, 4.69) is 0 Å². The molecule has 2 aliphatic heterocycles. The number of ether oxygens (including phenoxy) is 1. The second-order valence-corrected chi connectivity index (χ2v) is 8.59. The number of hydrogen-bond donors (Lipinski definition) is 0. The van der Waals surface area contributed by atoms with Crippen LogP contribution in [0.25, 0.3) is 0 Å². The molecule has 0 amide bonds. The molecule has 148 valence electrons. The summed E-state index contributed by atoms with van der Waals surface area (Å²) in [4.78, 5) is 28.1. The molecule has 2 heterocycles. The number of carbonyl (C=O) groups is 2. The maximum atomic E-state index is 13.3. The Morgan fingerprint density at radius 3 is 2.59 bits per heavy atom. The van der Waals surface area contributed by atoms with E-state index < -0.39 is 11.6 Å². The van der Waals surface area contributed by atoms with Gasteiger partial charge >= 0.3 is 5.97 Å². The first-order chi connectivity index (χ1) is 13.8. The molecule has 1 aromatic rings. The van der Waals surface area contributed by atoms with Crippen molar-refractivity contribution in [3.63, 3.8) is 0 Å². The number of carbonyl (C=O) groups excluding carboxylic acids is 2. The van der Waals surface area contributed by atoms with Crippen molar-refractivity contribution < 1.29 is 14.3 Å². The summed E-state index contributed by atoms with van der Waals surface area (Å²) in [5.41, 5.74) is 2.54. The molecular weight excluding hydrogens is 386 g/mol. The highest BCUT2D eigenvalue weighted by Gasteiger charge is 2.37. The summed E-state index contributed by atoms with van der Waals surface area (Å²) in [6, 6.07) is 9.69. The zero-order chi connectivity index (χ0) is 20.8. The van der Waals surface area contributed by atoms with Crippen LogP contribution in [0.1, 0.15) is 32.3 Å². The van der Waals surface area contributed by atoms with Gasteiger partial charge in [-0.2, -0.15) is 0 Å². The Morgan fingerprint density at radius 2 is 1.90 bits per heavy atom. The maximum Gasteiger partial charge on any atom is 0.342 e. The molecule has 1 aliphatic carbocycles. The summed E-state index contributed by atoms with van der Waals surface area (Å²) in [6.45, 7) is 5.93. The minimum atomic E-state index is -0.650. The molecule has 29 heavy (non-hydrogen) atoms. The van der Waals surface area contributed by atoms with Gasteiger partial charge in [-0.3, -0.25) is 4.79 Å². The highest BCUT2D eigenvalue weighted by atomic mass is 35.5. The predicted molar refractivity (Wildman–Crippen MR) is 113 cm³/mol.